The predicted molar refractivity (Wildman–Crippen MR) is 70.0 cm³/mol. The smallest absolute Gasteiger partial charge is 0.122 e. The average molecular weight is 251 g/mol. The van der Waals surface area contributed by atoms with E-state index in [9.17, 15) is 0 Å². The minimum Gasteiger partial charge on any atom is -0.497 e. The molecule has 0 aromatic heterocycles. The van der Waals surface area contributed by atoms with Crippen molar-refractivity contribution >= 4 is 0 Å². The second kappa shape index (κ2) is 5.59. The lowest BCUT2D eigenvalue weighted by atomic mass is 9.98. The van der Waals surface area contributed by atoms with Gasteiger partial charge in [0.2, 0.25) is 0 Å². The maximum Gasteiger partial charge on any atom is 0.122 e. The third-order valence-corrected chi connectivity index (χ3v) is 3.47. The number of hydrogen-bond acceptors (Lipinski definition) is 4. The van der Waals surface area contributed by atoms with Gasteiger partial charge in [0.1, 0.15) is 11.5 Å². The molecule has 4 nitrogen and oxygen atoms in total. The molecule has 0 heterocycles. The first-order valence-corrected chi connectivity index (χ1v) is 6.21. The van der Waals surface area contributed by atoms with Gasteiger partial charge < -0.3 is 19.9 Å². The minimum atomic E-state index is -0.147. The molecule has 2 rings (SSSR count). The molecule has 18 heavy (non-hydrogen) atoms. The molecular weight excluding hydrogens is 230 g/mol. The van der Waals surface area contributed by atoms with Crippen molar-refractivity contribution in [1.82, 2.24) is 0 Å². The number of nitrogens with two attached hydrogens (primary N) is 1. The maximum atomic E-state index is 6.30. The van der Waals surface area contributed by atoms with Crippen molar-refractivity contribution in [3.05, 3.63) is 23.8 Å². The molecule has 0 spiro atoms. The Kier molecular flexibility index (Phi) is 4.09. The zero-order chi connectivity index (χ0) is 13.1. The van der Waals surface area contributed by atoms with Crippen LogP contribution in [-0.4, -0.2) is 27.4 Å². The molecular formula is C14H21NO3. The monoisotopic (exact) mass is 251 g/mol. The summed E-state index contributed by atoms with van der Waals surface area (Å²) in [4.78, 5) is 0. The highest BCUT2D eigenvalue weighted by Crippen LogP contribution is 2.40. The van der Waals surface area contributed by atoms with Gasteiger partial charge in [-0.1, -0.05) is 0 Å². The van der Waals surface area contributed by atoms with Crippen LogP contribution < -0.4 is 15.2 Å². The van der Waals surface area contributed by atoms with Gasteiger partial charge in [-0.15, -0.1) is 0 Å². The molecule has 0 bridgehead atoms. The van der Waals surface area contributed by atoms with Gasteiger partial charge in [0.15, 0.2) is 0 Å². The molecule has 2 unspecified atom stereocenters. The molecule has 2 atom stereocenters. The zero-order valence-electron chi connectivity index (χ0n) is 11.2. The third-order valence-electron chi connectivity index (χ3n) is 3.47. The normalized spacial score (nSPS) is 18.2. The Hall–Kier alpha value is -1.26. The zero-order valence-corrected chi connectivity index (χ0v) is 11.2. The van der Waals surface area contributed by atoms with Crippen LogP contribution in [0.2, 0.25) is 0 Å². The first kappa shape index (κ1) is 13.2. The van der Waals surface area contributed by atoms with Crippen molar-refractivity contribution in [1.29, 1.82) is 0 Å². The third kappa shape index (κ3) is 2.76. The van der Waals surface area contributed by atoms with Crippen LogP contribution in [0.3, 0.4) is 0 Å². The molecule has 1 aliphatic rings. The lowest BCUT2D eigenvalue weighted by molar-refractivity contribution is 0.0623. The summed E-state index contributed by atoms with van der Waals surface area (Å²) in [6.07, 6.45) is 2.47. The largest absolute Gasteiger partial charge is 0.497 e. The molecule has 1 aliphatic carbocycles. The van der Waals surface area contributed by atoms with Gasteiger partial charge in [-0.05, 0) is 36.5 Å². The molecule has 4 heteroatoms. The van der Waals surface area contributed by atoms with Crippen LogP contribution in [0, 0.1) is 5.92 Å². The fourth-order valence-corrected chi connectivity index (χ4v) is 2.27. The Bertz CT molecular complexity index is 382. The molecule has 0 amide bonds. The van der Waals surface area contributed by atoms with Crippen LogP contribution in [0.25, 0.3) is 0 Å². The van der Waals surface area contributed by atoms with Crippen molar-refractivity contribution in [2.75, 3.05) is 21.3 Å². The van der Waals surface area contributed by atoms with E-state index in [4.69, 9.17) is 19.9 Å². The molecule has 1 aromatic rings. The summed E-state index contributed by atoms with van der Waals surface area (Å²) in [6, 6.07) is 5.59. The lowest BCUT2D eigenvalue weighted by Gasteiger charge is -2.23. The summed E-state index contributed by atoms with van der Waals surface area (Å²) in [5.41, 5.74) is 7.29. The summed E-state index contributed by atoms with van der Waals surface area (Å²) >= 11 is 0. The van der Waals surface area contributed by atoms with Gasteiger partial charge in [-0.2, -0.15) is 0 Å². The fourth-order valence-electron chi connectivity index (χ4n) is 2.27. The topological polar surface area (TPSA) is 53.7 Å². The van der Waals surface area contributed by atoms with Gasteiger partial charge in [-0.25, -0.2) is 0 Å². The summed E-state index contributed by atoms with van der Waals surface area (Å²) in [6.45, 7) is 0. The highest BCUT2D eigenvalue weighted by atomic mass is 16.5. The van der Waals surface area contributed by atoms with Crippen molar-refractivity contribution in [2.24, 2.45) is 11.7 Å². The van der Waals surface area contributed by atoms with Crippen molar-refractivity contribution < 1.29 is 14.2 Å². The van der Waals surface area contributed by atoms with Gasteiger partial charge in [0.25, 0.3) is 0 Å². The van der Waals surface area contributed by atoms with E-state index in [1.54, 1.807) is 21.3 Å². The molecule has 2 N–H and O–H groups in total. The molecule has 1 fully saturated rings. The van der Waals surface area contributed by atoms with Crippen LogP contribution in [-0.2, 0) is 4.74 Å². The van der Waals surface area contributed by atoms with E-state index in [0.717, 1.165) is 17.1 Å². The van der Waals surface area contributed by atoms with E-state index in [0.29, 0.717) is 5.92 Å². The number of hydrogen-bond donors (Lipinski definition) is 1. The maximum absolute atomic E-state index is 6.30. The number of benzene rings is 1. The van der Waals surface area contributed by atoms with Crippen LogP contribution >= 0.6 is 0 Å². The second-order valence-electron chi connectivity index (χ2n) is 4.71. The Balaban J connectivity index is 2.24. The first-order valence-electron chi connectivity index (χ1n) is 6.21. The predicted octanol–water partition coefficient (Wildman–Crippen LogP) is 2.13. The van der Waals surface area contributed by atoms with E-state index in [2.05, 4.69) is 0 Å². The SMILES string of the molecule is COc1cc(OC)cc(C(N)C(OC)C2CC2)c1. The van der Waals surface area contributed by atoms with Crippen LogP contribution in [0.1, 0.15) is 24.4 Å². The molecule has 1 saturated carbocycles. The van der Waals surface area contributed by atoms with Gasteiger partial charge in [0, 0.05) is 13.2 Å². The highest BCUT2D eigenvalue weighted by molar-refractivity contribution is 5.40. The second-order valence-corrected chi connectivity index (χ2v) is 4.71. The summed E-state index contributed by atoms with van der Waals surface area (Å²) in [7, 11) is 5.00. The van der Waals surface area contributed by atoms with Crippen molar-refractivity contribution in [3.63, 3.8) is 0 Å². The quantitative estimate of drug-likeness (QED) is 0.841. The number of methoxy groups -OCH3 is 3. The van der Waals surface area contributed by atoms with Crippen LogP contribution in [0.5, 0.6) is 11.5 Å². The minimum absolute atomic E-state index is 0.0711. The molecule has 0 aliphatic heterocycles. The van der Waals surface area contributed by atoms with Crippen LogP contribution in [0.15, 0.2) is 18.2 Å². The average Bonchev–Trinajstić information content (AvgIpc) is 3.23. The number of ether oxygens (including phenoxy) is 3. The first-order chi connectivity index (χ1) is 8.69. The van der Waals surface area contributed by atoms with E-state index >= 15 is 0 Å². The number of rotatable bonds is 6. The van der Waals surface area contributed by atoms with Gasteiger partial charge in [-0.3, -0.25) is 0 Å². The van der Waals surface area contributed by atoms with Gasteiger partial charge >= 0.3 is 0 Å². The molecule has 0 saturated heterocycles. The van der Waals surface area contributed by atoms with E-state index < -0.39 is 0 Å². The van der Waals surface area contributed by atoms with Crippen LogP contribution in [0.4, 0.5) is 0 Å². The Morgan fingerprint density at radius 1 is 1.06 bits per heavy atom. The summed E-state index contributed by atoms with van der Waals surface area (Å²) in [5, 5.41) is 0. The van der Waals surface area contributed by atoms with Crippen molar-refractivity contribution in [3.8, 4) is 11.5 Å². The molecule has 1 aromatic carbocycles. The molecule has 0 radical (unpaired) electrons. The molecule has 100 valence electrons. The van der Waals surface area contributed by atoms with E-state index in [1.807, 2.05) is 18.2 Å². The van der Waals surface area contributed by atoms with Gasteiger partial charge in [0.05, 0.1) is 26.4 Å². The Morgan fingerprint density at radius 3 is 2.00 bits per heavy atom. The summed E-state index contributed by atoms with van der Waals surface area (Å²) < 4.78 is 16.1. The highest BCUT2D eigenvalue weighted by Gasteiger charge is 2.36. The Morgan fingerprint density at radius 2 is 1.61 bits per heavy atom. The summed E-state index contributed by atoms with van der Waals surface area (Å²) in [5.74, 6) is 2.10. The Labute approximate surface area is 108 Å². The standard InChI is InChI=1S/C14H21NO3/c1-16-11-6-10(7-12(8-11)17-2)13(15)14(18-3)9-4-5-9/h6-9,13-14H,4-5,15H2,1-3H3. The lowest BCUT2D eigenvalue weighted by Crippen LogP contribution is -2.29. The van der Waals surface area contributed by atoms with E-state index in [-0.39, 0.29) is 12.1 Å². The van der Waals surface area contributed by atoms with E-state index in [1.165, 1.54) is 12.8 Å². The van der Waals surface area contributed by atoms with Crippen molar-refractivity contribution in [2.45, 2.75) is 25.0 Å². The fraction of sp³-hybridized carbons (Fsp3) is 0.571.